The Kier molecular flexibility index (Phi) is 2.15. The molecule has 1 unspecified atom stereocenters. The van der Waals surface area contributed by atoms with E-state index in [9.17, 15) is 5.11 Å². The predicted molar refractivity (Wildman–Crippen MR) is 43.5 cm³/mol. The lowest BCUT2D eigenvalue weighted by Gasteiger charge is -2.07. The summed E-state index contributed by atoms with van der Waals surface area (Å²) in [6.07, 6.45) is -0.462. The Hall–Kier alpha value is -1.02. The Balaban J connectivity index is 3.09. The van der Waals surface area contributed by atoms with Gasteiger partial charge in [0, 0.05) is 0 Å². The molecule has 1 atom stereocenters. The molecule has 0 aliphatic carbocycles. The van der Waals surface area contributed by atoms with Crippen molar-refractivity contribution in [1.82, 2.24) is 0 Å². The van der Waals surface area contributed by atoms with Crippen LogP contribution in [0.25, 0.3) is 0 Å². The number of hydrogen-bond acceptors (Lipinski definition) is 2. The van der Waals surface area contributed by atoms with E-state index in [0.717, 1.165) is 11.1 Å². The van der Waals surface area contributed by atoms with Gasteiger partial charge in [0.1, 0.15) is 5.75 Å². The van der Waals surface area contributed by atoms with Gasteiger partial charge >= 0.3 is 0 Å². The van der Waals surface area contributed by atoms with Crippen molar-refractivity contribution in [3.8, 4) is 5.75 Å². The van der Waals surface area contributed by atoms with Gasteiger partial charge in [0.05, 0.1) is 6.10 Å². The van der Waals surface area contributed by atoms with Gasteiger partial charge in [-0.2, -0.15) is 0 Å². The largest absolute Gasteiger partial charge is 0.508 e. The Morgan fingerprint density at radius 1 is 1.36 bits per heavy atom. The van der Waals surface area contributed by atoms with Crippen molar-refractivity contribution < 1.29 is 10.2 Å². The summed E-state index contributed by atoms with van der Waals surface area (Å²) in [5.74, 6) is 0.243. The fraction of sp³-hybridized carbons (Fsp3) is 0.333. The topological polar surface area (TPSA) is 40.5 Å². The lowest BCUT2D eigenvalue weighted by molar-refractivity contribution is 0.198. The van der Waals surface area contributed by atoms with E-state index in [-0.39, 0.29) is 5.75 Å². The van der Waals surface area contributed by atoms with Crippen molar-refractivity contribution in [2.75, 3.05) is 0 Å². The second kappa shape index (κ2) is 2.93. The normalized spacial score (nSPS) is 13.0. The molecule has 0 fully saturated rings. The molecule has 0 aromatic heterocycles. The molecule has 0 saturated carbocycles. The second-order valence-corrected chi connectivity index (χ2v) is 2.72. The SMILES string of the molecule is Cc1cc(O)ccc1C(C)O. The van der Waals surface area contributed by atoms with Gasteiger partial charge < -0.3 is 10.2 Å². The summed E-state index contributed by atoms with van der Waals surface area (Å²) in [6, 6.07) is 4.95. The van der Waals surface area contributed by atoms with Gasteiger partial charge in [0.25, 0.3) is 0 Å². The van der Waals surface area contributed by atoms with Gasteiger partial charge in [-0.1, -0.05) is 6.07 Å². The van der Waals surface area contributed by atoms with Crippen molar-refractivity contribution in [3.63, 3.8) is 0 Å². The van der Waals surface area contributed by atoms with Crippen molar-refractivity contribution in [2.45, 2.75) is 20.0 Å². The molecule has 1 aromatic carbocycles. The summed E-state index contributed by atoms with van der Waals surface area (Å²) in [5.41, 5.74) is 1.78. The molecular weight excluding hydrogens is 140 g/mol. The Morgan fingerprint density at radius 2 is 2.00 bits per heavy atom. The van der Waals surface area contributed by atoms with Crippen molar-refractivity contribution >= 4 is 0 Å². The van der Waals surface area contributed by atoms with Gasteiger partial charge in [0.15, 0.2) is 0 Å². The minimum absolute atomic E-state index is 0.243. The molecule has 2 nitrogen and oxygen atoms in total. The molecule has 1 rings (SSSR count). The minimum Gasteiger partial charge on any atom is -0.508 e. The molecular formula is C9H12O2. The molecule has 0 amide bonds. The average Bonchev–Trinajstić information content (AvgIpc) is 1.85. The zero-order valence-electron chi connectivity index (χ0n) is 6.70. The van der Waals surface area contributed by atoms with Crippen LogP contribution in [0, 0.1) is 6.92 Å². The quantitative estimate of drug-likeness (QED) is 0.643. The van der Waals surface area contributed by atoms with Gasteiger partial charge in [-0.05, 0) is 37.1 Å². The molecule has 0 radical (unpaired) electrons. The zero-order valence-corrected chi connectivity index (χ0v) is 6.70. The van der Waals surface area contributed by atoms with Crippen LogP contribution in [0.5, 0.6) is 5.75 Å². The maximum Gasteiger partial charge on any atom is 0.115 e. The minimum atomic E-state index is -0.462. The maximum atomic E-state index is 9.21. The second-order valence-electron chi connectivity index (χ2n) is 2.72. The van der Waals surface area contributed by atoms with Crippen LogP contribution >= 0.6 is 0 Å². The third kappa shape index (κ3) is 1.71. The maximum absolute atomic E-state index is 9.21. The monoisotopic (exact) mass is 152 g/mol. The highest BCUT2D eigenvalue weighted by Gasteiger charge is 2.03. The number of rotatable bonds is 1. The third-order valence-corrected chi connectivity index (χ3v) is 1.70. The van der Waals surface area contributed by atoms with Crippen LogP contribution in [0.2, 0.25) is 0 Å². The lowest BCUT2D eigenvalue weighted by atomic mass is 10.0. The fourth-order valence-corrected chi connectivity index (χ4v) is 1.13. The first-order chi connectivity index (χ1) is 5.11. The number of aliphatic hydroxyl groups is 1. The first kappa shape index (κ1) is 8.08. The molecule has 0 saturated heterocycles. The summed E-state index contributed by atoms with van der Waals surface area (Å²) in [6.45, 7) is 3.57. The van der Waals surface area contributed by atoms with Gasteiger partial charge in [0.2, 0.25) is 0 Å². The fourth-order valence-electron chi connectivity index (χ4n) is 1.13. The van der Waals surface area contributed by atoms with E-state index >= 15 is 0 Å². The van der Waals surface area contributed by atoms with E-state index in [1.54, 1.807) is 25.1 Å². The smallest absolute Gasteiger partial charge is 0.115 e. The number of aryl methyl sites for hydroxylation is 1. The number of hydrogen-bond donors (Lipinski definition) is 2. The molecule has 0 spiro atoms. The van der Waals surface area contributed by atoms with Crippen molar-refractivity contribution in [3.05, 3.63) is 29.3 Å². The molecule has 0 aliphatic heterocycles. The van der Waals surface area contributed by atoms with E-state index in [4.69, 9.17) is 5.11 Å². The van der Waals surface area contributed by atoms with E-state index in [1.165, 1.54) is 0 Å². The first-order valence-corrected chi connectivity index (χ1v) is 3.59. The van der Waals surface area contributed by atoms with Crippen LogP contribution in [0.3, 0.4) is 0 Å². The zero-order chi connectivity index (χ0) is 8.43. The standard InChI is InChI=1S/C9H12O2/c1-6-5-8(11)3-4-9(6)7(2)10/h3-5,7,10-11H,1-2H3. The van der Waals surface area contributed by atoms with Gasteiger partial charge in [-0.25, -0.2) is 0 Å². The highest BCUT2D eigenvalue weighted by Crippen LogP contribution is 2.20. The summed E-state index contributed by atoms with van der Waals surface area (Å²) in [4.78, 5) is 0. The molecule has 1 aromatic rings. The van der Waals surface area contributed by atoms with Crippen LogP contribution in [0.15, 0.2) is 18.2 Å². The number of aromatic hydroxyl groups is 1. The summed E-state index contributed by atoms with van der Waals surface area (Å²) in [5, 5.41) is 18.3. The Bertz CT molecular complexity index is 254. The number of benzene rings is 1. The lowest BCUT2D eigenvalue weighted by Crippen LogP contribution is -1.93. The summed E-state index contributed by atoms with van der Waals surface area (Å²) >= 11 is 0. The highest BCUT2D eigenvalue weighted by molar-refractivity contribution is 5.34. The first-order valence-electron chi connectivity index (χ1n) is 3.59. The summed E-state index contributed by atoms with van der Waals surface area (Å²) in [7, 11) is 0. The molecule has 2 heteroatoms. The number of phenolic OH excluding ortho intramolecular Hbond substituents is 1. The van der Waals surface area contributed by atoms with Crippen molar-refractivity contribution in [1.29, 1.82) is 0 Å². The Labute approximate surface area is 66.1 Å². The van der Waals surface area contributed by atoms with Crippen LogP contribution < -0.4 is 0 Å². The van der Waals surface area contributed by atoms with Crippen LogP contribution in [-0.4, -0.2) is 10.2 Å². The number of aliphatic hydroxyl groups excluding tert-OH is 1. The predicted octanol–water partition coefficient (Wildman–Crippen LogP) is 1.75. The Morgan fingerprint density at radius 3 is 2.45 bits per heavy atom. The van der Waals surface area contributed by atoms with Gasteiger partial charge in [-0.3, -0.25) is 0 Å². The summed E-state index contributed by atoms with van der Waals surface area (Å²) < 4.78 is 0. The van der Waals surface area contributed by atoms with E-state index in [0.29, 0.717) is 0 Å². The molecule has 11 heavy (non-hydrogen) atoms. The molecule has 0 bridgehead atoms. The van der Waals surface area contributed by atoms with E-state index < -0.39 is 6.10 Å². The van der Waals surface area contributed by atoms with Gasteiger partial charge in [-0.15, -0.1) is 0 Å². The number of phenols is 1. The average molecular weight is 152 g/mol. The van der Waals surface area contributed by atoms with Crippen LogP contribution in [-0.2, 0) is 0 Å². The van der Waals surface area contributed by atoms with E-state index in [1.807, 2.05) is 6.92 Å². The van der Waals surface area contributed by atoms with Crippen LogP contribution in [0.1, 0.15) is 24.2 Å². The molecule has 60 valence electrons. The molecule has 2 N–H and O–H groups in total. The van der Waals surface area contributed by atoms with Crippen molar-refractivity contribution in [2.24, 2.45) is 0 Å². The molecule has 0 aliphatic rings. The third-order valence-electron chi connectivity index (χ3n) is 1.70. The van der Waals surface area contributed by atoms with Crippen LogP contribution in [0.4, 0.5) is 0 Å². The molecule has 0 heterocycles. The van der Waals surface area contributed by atoms with E-state index in [2.05, 4.69) is 0 Å². The highest BCUT2D eigenvalue weighted by atomic mass is 16.3.